The number of rotatable bonds is 5. The summed E-state index contributed by atoms with van der Waals surface area (Å²) in [6, 6.07) is 8.66. The number of benzene rings is 1. The average molecular weight is 337 g/mol. The number of nitrogens with zero attached hydrogens (tertiary/aromatic N) is 2. The molecule has 1 rings (SSSR count). The van der Waals surface area contributed by atoms with E-state index in [1.165, 1.54) is 7.05 Å². The molecule has 126 valence electrons. The van der Waals surface area contributed by atoms with E-state index >= 15 is 0 Å². The Labute approximate surface area is 138 Å². The molecule has 1 amide bonds. The molecule has 0 saturated carbocycles. The van der Waals surface area contributed by atoms with Gasteiger partial charge in [-0.05, 0) is 16.5 Å². The lowest BCUT2D eigenvalue weighted by Crippen LogP contribution is -2.39. The zero-order valence-corrected chi connectivity index (χ0v) is 14.9. The Hall–Kier alpha value is -1.91. The summed E-state index contributed by atoms with van der Waals surface area (Å²) in [4.78, 5) is 11.9. The molecule has 1 N–H and O–H groups in total. The number of carbonyl (C=O) groups is 1. The van der Waals surface area contributed by atoms with Gasteiger partial charge in [-0.15, -0.1) is 0 Å². The normalized spacial score (nSPS) is 13.4. The molecule has 0 aliphatic rings. The molecule has 0 unspecified atom stereocenters. The van der Waals surface area contributed by atoms with Gasteiger partial charge in [0.15, 0.2) is 0 Å². The van der Waals surface area contributed by atoms with Gasteiger partial charge in [-0.25, -0.2) is 8.42 Å². The van der Waals surface area contributed by atoms with E-state index in [2.05, 4.69) is 26.1 Å². The maximum absolute atomic E-state index is 11.9. The lowest BCUT2D eigenvalue weighted by atomic mass is 9.86. The molecule has 6 nitrogen and oxygen atoms in total. The Kier molecular flexibility index (Phi) is 5.92. The van der Waals surface area contributed by atoms with Gasteiger partial charge in [-0.1, -0.05) is 45.0 Å². The van der Waals surface area contributed by atoms with Gasteiger partial charge in [0, 0.05) is 7.05 Å². The maximum atomic E-state index is 11.9. The van der Waals surface area contributed by atoms with Crippen LogP contribution < -0.4 is 5.32 Å². The summed E-state index contributed by atoms with van der Waals surface area (Å²) < 4.78 is 23.5. The maximum Gasteiger partial charge on any atom is 0.236 e. The zero-order valence-electron chi connectivity index (χ0n) is 14.1. The summed E-state index contributed by atoms with van der Waals surface area (Å²) in [6.45, 7) is 5.95. The molecule has 1 aromatic rings. The van der Waals surface area contributed by atoms with Crippen molar-refractivity contribution < 1.29 is 13.2 Å². The first-order valence-electron chi connectivity index (χ1n) is 7.16. The van der Waals surface area contributed by atoms with Gasteiger partial charge in [0.1, 0.15) is 6.04 Å². The van der Waals surface area contributed by atoms with Crippen LogP contribution in [0.25, 0.3) is 0 Å². The number of amides is 1. The second-order valence-corrected chi connectivity index (χ2v) is 8.61. The van der Waals surface area contributed by atoms with Crippen molar-refractivity contribution in [1.82, 2.24) is 9.62 Å². The van der Waals surface area contributed by atoms with Crippen molar-refractivity contribution in [2.45, 2.75) is 32.2 Å². The first-order valence-corrected chi connectivity index (χ1v) is 9.00. The van der Waals surface area contributed by atoms with Crippen molar-refractivity contribution in [3.63, 3.8) is 0 Å². The van der Waals surface area contributed by atoms with Crippen molar-refractivity contribution in [2.24, 2.45) is 0 Å². The van der Waals surface area contributed by atoms with Gasteiger partial charge in [0.05, 0.1) is 18.9 Å². The van der Waals surface area contributed by atoms with Gasteiger partial charge in [0.2, 0.25) is 15.9 Å². The van der Waals surface area contributed by atoms with E-state index in [1.807, 2.05) is 18.2 Å². The third kappa shape index (κ3) is 5.66. The highest BCUT2D eigenvalue weighted by molar-refractivity contribution is 7.88. The molecular formula is C16H23N3O3S. The van der Waals surface area contributed by atoms with Gasteiger partial charge >= 0.3 is 0 Å². The first kappa shape index (κ1) is 19.1. The molecule has 1 atom stereocenters. The van der Waals surface area contributed by atoms with Crippen LogP contribution in [-0.4, -0.2) is 38.5 Å². The topological polar surface area (TPSA) is 90.3 Å². The fourth-order valence-corrected chi connectivity index (χ4v) is 2.24. The van der Waals surface area contributed by atoms with Crippen LogP contribution in [-0.2, 0) is 20.2 Å². The predicted molar refractivity (Wildman–Crippen MR) is 89.1 cm³/mol. The summed E-state index contributed by atoms with van der Waals surface area (Å²) in [5, 5.41) is 11.8. The molecule has 0 aromatic heterocycles. The van der Waals surface area contributed by atoms with Crippen LogP contribution in [0.15, 0.2) is 24.3 Å². The van der Waals surface area contributed by atoms with Crippen molar-refractivity contribution in [3.8, 4) is 6.07 Å². The number of hydrogen-bond acceptors (Lipinski definition) is 4. The van der Waals surface area contributed by atoms with E-state index in [9.17, 15) is 18.5 Å². The number of likely N-dealkylation sites (N-methyl/N-ethyl adjacent to an activating group) is 1. The Bertz CT molecular complexity index is 698. The number of carbonyl (C=O) groups excluding carboxylic acids is 1. The molecule has 0 bridgehead atoms. The third-order valence-electron chi connectivity index (χ3n) is 3.48. The van der Waals surface area contributed by atoms with E-state index in [0.717, 1.165) is 16.1 Å². The van der Waals surface area contributed by atoms with Crippen LogP contribution in [0.5, 0.6) is 0 Å². The van der Waals surface area contributed by atoms with E-state index in [-0.39, 0.29) is 12.0 Å². The van der Waals surface area contributed by atoms with Gasteiger partial charge in [0.25, 0.3) is 0 Å². The van der Waals surface area contributed by atoms with Gasteiger partial charge < -0.3 is 5.32 Å². The lowest BCUT2D eigenvalue weighted by molar-refractivity contribution is -0.121. The van der Waals surface area contributed by atoms with Crippen molar-refractivity contribution in [3.05, 3.63) is 35.4 Å². The molecule has 0 saturated heterocycles. The molecule has 7 heteroatoms. The van der Waals surface area contributed by atoms with Crippen LogP contribution in [0.4, 0.5) is 0 Å². The van der Waals surface area contributed by atoms with E-state index in [4.69, 9.17) is 0 Å². The lowest BCUT2D eigenvalue weighted by Gasteiger charge is -2.20. The minimum Gasteiger partial charge on any atom is -0.335 e. The molecule has 1 aromatic carbocycles. The molecule has 0 spiro atoms. The Morgan fingerprint density at radius 3 is 2.22 bits per heavy atom. The van der Waals surface area contributed by atoms with Crippen LogP contribution >= 0.6 is 0 Å². The molecule has 0 aliphatic carbocycles. The number of nitriles is 1. The second-order valence-electron chi connectivity index (χ2n) is 6.52. The summed E-state index contributed by atoms with van der Waals surface area (Å²) >= 11 is 0. The first-order chi connectivity index (χ1) is 10.4. The van der Waals surface area contributed by atoms with Crippen molar-refractivity contribution >= 4 is 15.9 Å². The number of nitrogens with one attached hydrogen (secondary N) is 1. The number of hydrogen-bond donors (Lipinski definition) is 1. The minimum absolute atomic E-state index is 0.00210. The predicted octanol–water partition coefficient (Wildman–Crippen LogP) is 1.56. The molecular weight excluding hydrogens is 314 g/mol. The Balaban J connectivity index is 2.82. The summed E-state index contributed by atoms with van der Waals surface area (Å²) in [6.07, 6.45) is 1.02. The second kappa shape index (κ2) is 7.11. The van der Waals surface area contributed by atoms with Crippen molar-refractivity contribution in [1.29, 1.82) is 5.26 Å². The Morgan fingerprint density at radius 2 is 1.83 bits per heavy atom. The third-order valence-corrected chi connectivity index (χ3v) is 4.74. The summed E-state index contributed by atoms with van der Waals surface area (Å²) in [5.74, 6) is -0.524. The smallest absolute Gasteiger partial charge is 0.236 e. The zero-order chi connectivity index (χ0) is 17.8. The molecule has 0 aliphatic heterocycles. The summed E-state index contributed by atoms with van der Waals surface area (Å²) in [7, 11) is -2.12. The van der Waals surface area contributed by atoms with Crippen LogP contribution in [0.1, 0.15) is 37.9 Å². The van der Waals surface area contributed by atoms with E-state index < -0.39 is 22.0 Å². The van der Waals surface area contributed by atoms with Crippen LogP contribution in [0, 0.1) is 11.3 Å². The van der Waals surface area contributed by atoms with E-state index in [1.54, 1.807) is 12.1 Å². The van der Waals surface area contributed by atoms with E-state index in [0.29, 0.717) is 5.56 Å². The highest BCUT2D eigenvalue weighted by Crippen LogP contribution is 2.23. The molecule has 0 heterocycles. The van der Waals surface area contributed by atoms with Crippen LogP contribution in [0.3, 0.4) is 0 Å². The fourth-order valence-electron chi connectivity index (χ4n) is 1.89. The molecule has 23 heavy (non-hydrogen) atoms. The molecule has 0 fully saturated rings. The van der Waals surface area contributed by atoms with Crippen molar-refractivity contribution in [2.75, 3.05) is 19.8 Å². The van der Waals surface area contributed by atoms with Gasteiger partial charge in [-0.2, -0.15) is 9.57 Å². The average Bonchev–Trinajstić information content (AvgIpc) is 2.43. The minimum atomic E-state index is -3.44. The quantitative estimate of drug-likeness (QED) is 0.883. The van der Waals surface area contributed by atoms with Crippen LogP contribution in [0.2, 0.25) is 0 Å². The van der Waals surface area contributed by atoms with Gasteiger partial charge in [-0.3, -0.25) is 4.79 Å². The summed E-state index contributed by atoms with van der Waals surface area (Å²) in [5.41, 5.74) is 1.79. The largest absolute Gasteiger partial charge is 0.335 e. The number of sulfonamides is 1. The standard InChI is InChI=1S/C16H23N3O3S/c1-16(2,3)13-8-6-12(7-9-13)14(10-17)18-15(20)11-19(4)23(5,21)22/h6-9,14H,11H2,1-5H3,(H,18,20)/t14-/m1/s1. The SMILES string of the molecule is CN(CC(=O)N[C@H](C#N)c1ccc(C(C)(C)C)cc1)S(C)(=O)=O. The Morgan fingerprint density at radius 1 is 1.30 bits per heavy atom. The monoisotopic (exact) mass is 337 g/mol. The fraction of sp³-hybridized carbons (Fsp3) is 0.500. The highest BCUT2D eigenvalue weighted by Gasteiger charge is 2.20. The molecule has 0 radical (unpaired) electrons. The highest BCUT2D eigenvalue weighted by atomic mass is 32.2.